The van der Waals surface area contributed by atoms with Gasteiger partial charge in [0.2, 0.25) is 0 Å². The van der Waals surface area contributed by atoms with Crippen molar-refractivity contribution >= 4 is 0 Å². The third-order valence-corrected chi connectivity index (χ3v) is 1.69. The molecular weight excluding hydrogens is 152 g/mol. The molecule has 1 fully saturated rings. The van der Waals surface area contributed by atoms with Gasteiger partial charge in [-0.05, 0) is 12.8 Å². The summed E-state index contributed by atoms with van der Waals surface area (Å²) in [6.07, 6.45) is 2.81. The summed E-state index contributed by atoms with van der Waals surface area (Å²) in [7, 11) is 0. The molecular formula is C10H20O2. The van der Waals surface area contributed by atoms with Crippen molar-refractivity contribution in [2.45, 2.75) is 37.9 Å². The fraction of sp³-hybridized carbons (Fsp3) is 0.600. The van der Waals surface area contributed by atoms with E-state index in [0.29, 0.717) is 0 Å². The monoisotopic (exact) mass is 172 g/mol. The molecule has 0 radical (unpaired) electrons. The molecule has 1 saturated carbocycles. The van der Waals surface area contributed by atoms with Crippen LogP contribution in [0.5, 0.6) is 0 Å². The van der Waals surface area contributed by atoms with E-state index < -0.39 is 12.2 Å². The summed E-state index contributed by atoms with van der Waals surface area (Å²) >= 11 is 0. The molecule has 0 aliphatic heterocycles. The summed E-state index contributed by atoms with van der Waals surface area (Å²) in [6, 6.07) is 0. The van der Waals surface area contributed by atoms with E-state index in [9.17, 15) is 0 Å². The highest BCUT2D eigenvalue weighted by atomic mass is 16.3. The maximum atomic E-state index is 8.93. The Hall–Kier alpha value is -0.600. The Morgan fingerprint density at radius 3 is 1.17 bits per heavy atom. The van der Waals surface area contributed by atoms with Crippen molar-refractivity contribution in [3.8, 4) is 0 Å². The maximum absolute atomic E-state index is 8.93. The summed E-state index contributed by atoms with van der Waals surface area (Å²) in [6.45, 7) is 12.0. The van der Waals surface area contributed by atoms with Gasteiger partial charge in [0, 0.05) is 0 Å². The lowest BCUT2D eigenvalue weighted by atomic mass is 9.95. The SMILES string of the molecule is C=C.C=C.OC1CCCCC1O. The molecule has 0 spiro atoms. The third kappa shape index (κ3) is 6.13. The van der Waals surface area contributed by atoms with Crippen LogP contribution < -0.4 is 0 Å². The topological polar surface area (TPSA) is 40.5 Å². The zero-order chi connectivity index (χ0) is 9.98. The average Bonchev–Trinajstić information content (AvgIpc) is 2.17. The first-order valence-electron chi connectivity index (χ1n) is 4.17. The van der Waals surface area contributed by atoms with Gasteiger partial charge in [0.15, 0.2) is 0 Å². The van der Waals surface area contributed by atoms with E-state index >= 15 is 0 Å². The van der Waals surface area contributed by atoms with E-state index in [1.165, 1.54) is 0 Å². The van der Waals surface area contributed by atoms with Gasteiger partial charge < -0.3 is 10.2 Å². The van der Waals surface area contributed by atoms with Crippen LogP contribution in [0.4, 0.5) is 0 Å². The van der Waals surface area contributed by atoms with Gasteiger partial charge in [0.25, 0.3) is 0 Å². The molecule has 72 valence electrons. The van der Waals surface area contributed by atoms with Crippen LogP contribution in [0, 0.1) is 0 Å². The molecule has 0 amide bonds. The van der Waals surface area contributed by atoms with Gasteiger partial charge >= 0.3 is 0 Å². The quantitative estimate of drug-likeness (QED) is 0.548. The Morgan fingerprint density at radius 2 is 1.00 bits per heavy atom. The van der Waals surface area contributed by atoms with E-state index in [1.807, 2.05) is 0 Å². The molecule has 0 aromatic carbocycles. The third-order valence-electron chi connectivity index (χ3n) is 1.69. The first kappa shape index (κ1) is 14.0. The minimum absolute atomic E-state index is 0.441. The fourth-order valence-electron chi connectivity index (χ4n) is 1.09. The van der Waals surface area contributed by atoms with Gasteiger partial charge in [-0.1, -0.05) is 12.8 Å². The lowest BCUT2D eigenvalue weighted by Crippen LogP contribution is -2.28. The Kier molecular flexibility index (Phi) is 12.1. The molecule has 0 bridgehead atoms. The number of aliphatic hydroxyl groups excluding tert-OH is 2. The van der Waals surface area contributed by atoms with Crippen LogP contribution in [0.2, 0.25) is 0 Å². The van der Waals surface area contributed by atoms with Gasteiger partial charge in [0.1, 0.15) is 0 Å². The van der Waals surface area contributed by atoms with E-state index in [0.717, 1.165) is 25.7 Å². The highest BCUT2D eigenvalue weighted by Crippen LogP contribution is 2.17. The predicted molar refractivity (Wildman–Crippen MR) is 53.0 cm³/mol. The van der Waals surface area contributed by atoms with Gasteiger partial charge in [-0.25, -0.2) is 0 Å². The van der Waals surface area contributed by atoms with Gasteiger partial charge in [-0.2, -0.15) is 0 Å². The van der Waals surface area contributed by atoms with Gasteiger partial charge in [-0.15, -0.1) is 26.3 Å². The molecule has 2 nitrogen and oxygen atoms in total. The number of hydrogen-bond donors (Lipinski definition) is 2. The number of hydrogen-bond acceptors (Lipinski definition) is 2. The van der Waals surface area contributed by atoms with E-state index in [2.05, 4.69) is 26.3 Å². The summed E-state index contributed by atoms with van der Waals surface area (Å²) < 4.78 is 0. The van der Waals surface area contributed by atoms with Crippen molar-refractivity contribution in [3.05, 3.63) is 26.3 Å². The van der Waals surface area contributed by atoms with Crippen LogP contribution in [-0.2, 0) is 0 Å². The lowest BCUT2D eigenvalue weighted by molar-refractivity contribution is -0.00865. The van der Waals surface area contributed by atoms with Crippen molar-refractivity contribution in [1.29, 1.82) is 0 Å². The molecule has 1 aliphatic rings. The maximum Gasteiger partial charge on any atom is 0.0799 e. The zero-order valence-corrected chi connectivity index (χ0v) is 7.71. The van der Waals surface area contributed by atoms with E-state index in [1.54, 1.807) is 0 Å². The predicted octanol–water partition coefficient (Wildman–Crippen LogP) is 1.89. The second-order valence-corrected chi connectivity index (χ2v) is 2.42. The van der Waals surface area contributed by atoms with Crippen LogP contribution in [-0.4, -0.2) is 22.4 Å². The van der Waals surface area contributed by atoms with Crippen LogP contribution in [0.15, 0.2) is 26.3 Å². The minimum atomic E-state index is -0.441. The standard InChI is InChI=1S/C6H12O2.2C2H4/c7-5-3-1-2-4-6(5)8;2*1-2/h5-8H,1-4H2;2*1-2H2. The summed E-state index contributed by atoms with van der Waals surface area (Å²) in [5.41, 5.74) is 0. The molecule has 2 N–H and O–H groups in total. The van der Waals surface area contributed by atoms with Gasteiger partial charge in [-0.3, -0.25) is 0 Å². The van der Waals surface area contributed by atoms with Gasteiger partial charge in [0.05, 0.1) is 12.2 Å². The molecule has 0 heterocycles. The highest BCUT2D eigenvalue weighted by molar-refractivity contribution is 4.72. The summed E-state index contributed by atoms with van der Waals surface area (Å²) in [4.78, 5) is 0. The normalized spacial score (nSPS) is 27.2. The minimum Gasteiger partial charge on any atom is -0.390 e. The van der Waals surface area contributed by atoms with Crippen molar-refractivity contribution in [2.24, 2.45) is 0 Å². The largest absolute Gasteiger partial charge is 0.390 e. The smallest absolute Gasteiger partial charge is 0.0799 e. The number of aliphatic hydroxyl groups is 2. The van der Waals surface area contributed by atoms with Crippen LogP contribution in [0.3, 0.4) is 0 Å². The molecule has 12 heavy (non-hydrogen) atoms. The van der Waals surface area contributed by atoms with E-state index in [4.69, 9.17) is 10.2 Å². The Labute approximate surface area is 75.2 Å². The van der Waals surface area contributed by atoms with E-state index in [-0.39, 0.29) is 0 Å². The summed E-state index contributed by atoms with van der Waals surface area (Å²) in [5, 5.41) is 17.9. The zero-order valence-electron chi connectivity index (χ0n) is 7.71. The van der Waals surface area contributed by atoms with Crippen LogP contribution in [0.25, 0.3) is 0 Å². The Bertz CT molecular complexity index is 81.8. The van der Waals surface area contributed by atoms with Crippen molar-refractivity contribution in [1.82, 2.24) is 0 Å². The molecule has 1 rings (SSSR count). The van der Waals surface area contributed by atoms with Crippen molar-refractivity contribution < 1.29 is 10.2 Å². The Balaban J connectivity index is 0. The fourth-order valence-corrected chi connectivity index (χ4v) is 1.09. The first-order valence-corrected chi connectivity index (χ1v) is 4.17. The van der Waals surface area contributed by atoms with Crippen LogP contribution in [0.1, 0.15) is 25.7 Å². The lowest BCUT2D eigenvalue weighted by Gasteiger charge is -2.22. The second kappa shape index (κ2) is 10.4. The molecule has 0 aromatic heterocycles. The number of rotatable bonds is 0. The first-order chi connectivity index (χ1) is 5.80. The second-order valence-electron chi connectivity index (χ2n) is 2.42. The summed E-state index contributed by atoms with van der Waals surface area (Å²) in [5.74, 6) is 0. The molecule has 2 atom stereocenters. The average molecular weight is 172 g/mol. The highest BCUT2D eigenvalue weighted by Gasteiger charge is 2.19. The molecule has 0 saturated heterocycles. The molecule has 0 aromatic rings. The molecule has 2 unspecified atom stereocenters. The van der Waals surface area contributed by atoms with Crippen molar-refractivity contribution in [2.75, 3.05) is 0 Å². The Morgan fingerprint density at radius 1 is 0.750 bits per heavy atom. The molecule has 2 heteroatoms. The van der Waals surface area contributed by atoms with Crippen molar-refractivity contribution in [3.63, 3.8) is 0 Å². The molecule has 1 aliphatic carbocycles. The van der Waals surface area contributed by atoms with Crippen LogP contribution >= 0.6 is 0 Å².